The Kier molecular flexibility index (Phi) is 4.53. The van der Waals surface area contributed by atoms with E-state index < -0.39 is 11.2 Å². The molecule has 0 aliphatic rings. The van der Waals surface area contributed by atoms with E-state index in [9.17, 15) is 9.59 Å². The number of aromatic nitrogens is 7. The highest BCUT2D eigenvalue weighted by atomic mass is 35.5. The molecular formula is C16H12Cl3N7O2. The number of halogens is 3. The number of imidazole rings is 1. The summed E-state index contributed by atoms with van der Waals surface area (Å²) in [5.74, 6) is 0. The minimum Gasteiger partial charge on any atom is -0.303 e. The summed E-state index contributed by atoms with van der Waals surface area (Å²) < 4.78 is 5.29. The van der Waals surface area contributed by atoms with Crippen molar-refractivity contribution in [1.82, 2.24) is 33.7 Å². The number of benzene rings is 1. The van der Waals surface area contributed by atoms with Crippen molar-refractivity contribution < 1.29 is 0 Å². The summed E-state index contributed by atoms with van der Waals surface area (Å²) in [6.07, 6.45) is 1.67. The fraction of sp³-hybridized carbons (Fsp3) is 0.188. The van der Waals surface area contributed by atoms with Crippen molar-refractivity contribution in [3.63, 3.8) is 0 Å². The van der Waals surface area contributed by atoms with Crippen LogP contribution in [0.3, 0.4) is 0 Å². The number of nitrogens with zero attached hydrogens (tertiary/aromatic N) is 7. The van der Waals surface area contributed by atoms with Crippen LogP contribution in [0.1, 0.15) is 5.69 Å². The van der Waals surface area contributed by atoms with Crippen LogP contribution in [0.4, 0.5) is 0 Å². The Morgan fingerprint density at radius 2 is 1.79 bits per heavy atom. The number of fused-ring (bicyclic) bond motifs is 1. The molecule has 0 saturated carbocycles. The van der Waals surface area contributed by atoms with Crippen LogP contribution in [0.5, 0.6) is 0 Å². The van der Waals surface area contributed by atoms with Crippen molar-refractivity contribution in [3.05, 3.63) is 66.3 Å². The molecule has 0 amide bonds. The molecule has 0 spiro atoms. The third-order valence-electron chi connectivity index (χ3n) is 4.33. The van der Waals surface area contributed by atoms with E-state index in [2.05, 4.69) is 15.3 Å². The van der Waals surface area contributed by atoms with E-state index in [0.29, 0.717) is 21.4 Å². The normalized spacial score (nSPS) is 11.5. The molecule has 3 aromatic heterocycles. The van der Waals surface area contributed by atoms with Gasteiger partial charge >= 0.3 is 5.69 Å². The average Bonchev–Trinajstić information content (AvgIpc) is 3.26. The van der Waals surface area contributed by atoms with E-state index in [0.717, 1.165) is 4.57 Å². The lowest BCUT2D eigenvalue weighted by Crippen LogP contribution is -2.37. The second-order valence-electron chi connectivity index (χ2n) is 6.10. The molecule has 0 fully saturated rings. The molecule has 9 nitrogen and oxygen atoms in total. The van der Waals surface area contributed by atoms with Gasteiger partial charge in [-0.15, -0.1) is 5.10 Å². The Balaban J connectivity index is 1.78. The molecule has 3 heterocycles. The minimum absolute atomic E-state index is 0.0670. The van der Waals surface area contributed by atoms with Gasteiger partial charge in [0, 0.05) is 14.1 Å². The van der Waals surface area contributed by atoms with Gasteiger partial charge in [-0.2, -0.15) is 4.98 Å². The number of hydrogen-bond donors (Lipinski definition) is 0. The van der Waals surface area contributed by atoms with E-state index in [1.165, 1.54) is 27.9 Å². The maximum atomic E-state index is 12.6. The fourth-order valence-electron chi connectivity index (χ4n) is 2.85. The summed E-state index contributed by atoms with van der Waals surface area (Å²) in [7, 11) is 2.92. The van der Waals surface area contributed by atoms with Crippen molar-refractivity contribution in [1.29, 1.82) is 0 Å². The first kappa shape index (κ1) is 18.7. The average molecular weight is 441 g/mol. The quantitative estimate of drug-likeness (QED) is 0.455. The third kappa shape index (κ3) is 2.92. The lowest BCUT2D eigenvalue weighted by atomic mass is 10.3. The molecular weight excluding hydrogens is 429 g/mol. The number of rotatable bonds is 3. The molecule has 28 heavy (non-hydrogen) atoms. The summed E-state index contributed by atoms with van der Waals surface area (Å²) in [5.41, 5.74) is 0.642. The molecule has 144 valence electrons. The Labute approximate surface area is 172 Å². The van der Waals surface area contributed by atoms with Crippen LogP contribution in [0.2, 0.25) is 15.3 Å². The molecule has 0 saturated heterocycles. The van der Waals surface area contributed by atoms with Gasteiger partial charge in [0.2, 0.25) is 5.28 Å². The fourth-order valence-corrected chi connectivity index (χ4v) is 3.37. The molecule has 0 N–H and O–H groups in total. The van der Waals surface area contributed by atoms with Crippen LogP contribution < -0.4 is 11.2 Å². The minimum atomic E-state index is -0.491. The third-order valence-corrected chi connectivity index (χ3v) is 5.36. The predicted octanol–water partition coefficient (Wildman–Crippen LogP) is 2.02. The zero-order chi connectivity index (χ0) is 20.2. The molecule has 0 aliphatic carbocycles. The lowest BCUT2D eigenvalue weighted by molar-refractivity contribution is 0.700. The molecule has 1 aromatic carbocycles. The first-order valence-corrected chi connectivity index (χ1v) is 9.09. The Bertz CT molecular complexity index is 1350. The van der Waals surface area contributed by atoms with Gasteiger partial charge in [-0.1, -0.05) is 28.4 Å². The molecule has 12 heteroatoms. The van der Waals surface area contributed by atoms with Gasteiger partial charge in [-0.3, -0.25) is 13.9 Å². The second-order valence-corrected chi connectivity index (χ2v) is 7.25. The summed E-state index contributed by atoms with van der Waals surface area (Å²) in [6, 6.07) is 5.07. The smallest absolute Gasteiger partial charge is 0.303 e. The maximum absolute atomic E-state index is 12.6. The van der Waals surface area contributed by atoms with Crippen LogP contribution in [0.25, 0.3) is 16.9 Å². The standard InChI is InChI=1S/C16H12Cl3N7O2/c1-23-13-12(14(27)24(2)16(23)28)25(15(19)20-13)6-8-7-26(22-21-8)9-3-4-10(17)11(18)5-9/h3-5,7H,6H2,1-2H3. The zero-order valence-corrected chi connectivity index (χ0v) is 16.9. The molecule has 4 aromatic rings. The van der Waals surface area contributed by atoms with Gasteiger partial charge in [0.05, 0.1) is 28.5 Å². The first-order chi connectivity index (χ1) is 13.3. The van der Waals surface area contributed by atoms with E-state index >= 15 is 0 Å². The van der Waals surface area contributed by atoms with Crippen LogP contribution >= 0.6 is 34.8 Å². The first-order valence-electron chi connectivity index (χ1n) is 7.96. The Hall–Kier alpha value is -2.62. The van der Waals surface area contributed by atoms with Gasteiger partial charge in [0.25, 0.3) is 5.56 Å². The highest BCUT2D eigenvalue weighted by Gasteiger charge is 2.19. The van der Waals surface area contributed by atoms with E-state index in [4.69, 9.17) is 34.8 Å². The maximum Gasteiger partial charge on any atom is 0.332 e. The monoisotopic (exact) mass is 439 g/mol. The van der Waals surface area contributed by atoms with E-state index in [-0.39, 0.29) is 23.0 Å². The molecule has 0 atom stereocenters. The Morgan fingerprint density at radius 3 is 2.50 bits per heavy atom. The van der Waals surface area contributed by atoms with Crippen LogP contribution in [-0.4, -0.2) is 33.7 Å². The van der Waals surface area contributed by atoms with Crippen molar-refractivity contribution in [3.8, 4) is 5.69 Å². The molecule has 0 unspecified atom stereocenters. The van der Waals surface area contributed by atoms with Gasteiger partial charge < -0.3 is 4.57 Å². The summed E-state index contributed by atoms with van der Waals surface area (Å²) in [5, 5.41) is 9.07. The number of hydrogen-bond acceptors (Lipinski definition) is 5. The summed E-state index contributed by atoms with van der Waals surface area (Å²) >= 11 is 18.2. The van der Waals surface area contributed by atoms with Crippen molar-refractivity contribution >= 4 is 46.0 Å². The van der Waals surface area contributed by atoms with Crippen LogP contribution in [-0.2, 0) is 20.6 Å². The molecule has 0 aliphatic heterocycles. The predicted molar refractivity (Wildman–Crippen MR) is 106 cm³/mol. The molecule has 4 rings (SSSR count). The SMILES string of the molecule is Cn1c(=O)c2c(nc(Cl)n2Cc2cn(-c3ccc(Cl)c(Cl)c3)nn2)n(C)c1=O. The zero-order valence-electron chi connectivity index (χ0n) is 14.6. The highest BCUT2D eigenvalue weighted by Crippen LogP contribution is 2.24. The van der Waals surface area contributed by atoms with Crippen molar-refractivity contribution in [2.45, 2.75) is 6.54 Å². The van der Waals surface area contributed by atoms with E-state index in [1.807, 2.05) is 0 Å². The summed E-state index contributed by atoms with van der Waals surface area (Å²) in [6.45, 7) is 0.143. The van der Waals surface area contributed by atoms with Gasteiger partial charge in [-0.05, 0) is 29.8 Å². The molecule has 0 bridgehead atoms. The van der Waals surface area contributed by atoms with Crippen molar-refractivity contribution in [2.75, 3.05) is 0 Å². The van der Waals surface area contributed by atoms with Crippen molar-refractivity contribution in [2.24, 2.45) is 14.1 Å². The largest absolute Gasteiger partial charge is 0.332 e. The highest BCUT2D eigenvalue weighted by molar-refractivity contribution is 6.42. The second kappa shape index (κ2) is 6.77. The molecule has 0 radical (unpaired) electrons. The summed E-state index contributed by atoms with van der Waals surface area (Å²) in [4.78, 5) is 28.8. The van der Waals surface area contributed by atoms with E-state index in [1.54, 1.807) is 24.4 Å². The van der Waals surface area contributed by atoms with Gasteiger partial charge in [0.1, 0.15) is 5.69 Å². The Morgan fingerprint density at radius 1 is 1.04 bits per heavy atom. The van der Waals surface area contributed by atoms with Crippen LogP contribution in [0, 0.1) is 0 Å². The number of aryl methyl sites for hydroxylation is 1. The topological polar surface area (TPSA) is 92.5 Å². The van der Waals surface area contributed by atoms with Crippen LogP contribution in [0.15, 0.2) is 34.0 Å². The van der Waals surface area contributed by atoms with Gasteiger partial charge in [0.15, 0.2) is 11.2 Å². The lowest BCUT2D eigenvalue weighted by Gasteiger charge is -2.05. The van der Waals surface area contributed by atoms with Gasteiger partial charge in [-0.25, -0.2) is 9.48 Å².